The molecule has 0 radical (unpaired) electrons. The van der Waals surface area contributed by atoms with Crippen molar-refractivity contribution in [3.8, 4) is 0 Å². The third-order valence-electron chi connectivity index (χ3n) is 3.84. The predicted octanol–water partition coefficient (Wildman–Crippen LogP) is 4.96. The Morgan fingerprint density at radius 1 is 1.14 bits per heavy atom. The summed E-state index contributed by atoms with van der Waals surface area (Å²) in [6.45, 7) is 13.0. The molecule has 0 saturated heterocycles. The maximum Gasteiger partial charge on any atom is 0.252 e. The fourth-order valence-corrected chi connectivity index (χ4v) is 2.46. The molecular weight excluding hydrogens is 278 g/mol. The Morgan fingerprint density at radius 2 is 1.71 bits per heavy atom. The summed E-state index contributed by atoms with van der Waals surface area (Å²) in [5.74, 6) is 1.20. The quantitative estimate of drug-likeness (QED) is 0.340. The van der Waals surface area contributed by atoms with Crippen LogP contribution in [0.2, 0.25) is 18.1 Å². The first kappa shape index (κ1) is 17.5. The van der Waals surface area contributed by atoms with Crippen LogP contribution in [0.3, 0.4) is 0 Å². The number of ether oxygens (including phenoxy) is 1. The molecule has 0 heterocycles. The number of hydrogen-bond donors (Lipinski definition) is 0. The summed E-state index contributed by atoms with van der Waals surface area (Å²) < 4.78 is 11.7. The SMILES string of the molecule is C/C=C(\N=C(\OC)c1ccccc1)O[Si](C)(C)C(C)(C)C. The first-order chi connectivity index (χ1) is 9.71. The van der Waals surface area contributed by atoms with Gasteiger partial charge in [0.05, 0.1) is 7.11 Å². The number of hydrogen-bond acceptors (Lipinski definition) is 3. The van der Waals surface area contributed by atoms with E-state index in [1.165, 1.54) is 0 Å². The lowest BCUT2D eigenvalue weighted by molar-refractivity contribution is 0.365. The van der Waals surface area contributed by atoms with E-state index >= 15 is 0 Å². The normalized spacial score (nSPS) is 14.0. The lowest BCUT2D eigenvalue weighted by Crippen LogP contribution is -2.40. The van der Waals surface area contributed by atoms with Crippen molar-refractivity contribution < 1.29 is 9.16 Å². The van der Waals surface area contributed by atoms with E-state index < -0.39 is 8.32 Å². The highest BCUT2D eigenvalue weighted by molar-refractivity contribution is 6.74. The van der Waals surface area contributed by atoms with Gasteiger partial charge in [0.15, 0.2) is 5.88 Å². The van der Waals surface area contributed by atoms with Crippen LogP contribution in [0, 0.1) is 0 Å². The van der Waals surface area contributed by atoms with Crippen LogP contribution >= 0.6 is 0 Å². The fraction of sp³-hybridized carbons (Fsp3) is 0.471. The second kappa shape index (κ2) is 6.94. The summed E-state index contributed by atoms with van der Waals surface area (Å²) in [5.41, 5.74) is 0.943. The van der Waals surface area contributed by atoms with Crippen LogP contribution in [0.1, 0.15) is 33.3 Å². The third-order valence-corrected chi connectivity index (χ3v) is 8.17. The Balaban J connectivity index is 3.04. The minimum absolute atomic E-state index is 0.136. The second-order valence-electron chi connectivity index (χ2n) is 6.48. The van der Waals surface area contributed by atoms with Crippen LogP contribution in [0.25, 0.3) is 0 Å². The largest absolute Gasteiger partial charge is 0.531 e. The first-order valence-corrected chi connectivity index (χ1v) is 10.2. The van der Waals surface area contributed by atoms with Crippen molar-refractivity contribution in [1.82, 2.24) is 0 Å². The molecule has 3 nitrogen and oxygen atoms in total. The van der Waals surface area contributed by atoms with Crippen molar-refractivity contribution in [1.29, 1.82) is 0 Å². The molecule has 0 saturated carbocycles. The molecule has 0 amide bonds. The molecule has 0 aromatic heterocycles. The Kier molecular flexibility index (Phi) is 5.78. The third kappa shape index (κ3) is 4.74. The standard InChI is InChI=1S/C17H27NO2Si/c1-8-15(20-21(6,7)17(2,3)4)18-16(19-5)14-12-10-9-11-13-14/h8-13H,1-7H3/b15-8+,18-16+. The highest BCUT2D eigenvalue weighted by Gasteiger charge is 2.39. The zero-order chi connectivity index (χ0) is 16.1. The van der Waals surface area contributed by atoms with Crippen LogP contribution in [-0.2, 0) is 9.16 Å². The summed E-state index contributed by atoms with van der Waals surface area (Å²) >= 11 is 0. The number of aliphatic imine (C=N–C) groups is 1. The highest BCUT2D eigenvalue weighted by Crippen LogP contribution is 2.38. The molecule has 0 N–H and O–H groups in total. The van der Waals surface area contributed by atoms with Crippen molar-refractivity contribution in [3.05, 3.63) is 47.9 Å². The van der Waals surface area contributed by atoms with E-state index in [-0.39, 0.29) is 5.04 Å². The Hall–Kier alpha value is -1.55. The van der Waals surface area contributed by atoms with E-state index in [1.54, 1.807) is 7.11 Å². The van der Waals surface area contributed by atoms with Gasteiger partial charge in [0.2, 0.25) is 5.90 Å². The highest BCUT2D eigenvalue weighted by atomic mass is 28.4. The van der Waals surface area contributed by atoms with Crippen LogP contribution in [0.5, 0.6) is 0 Å². The molecule has 1 rings (SSSR count). The van der Waals surface area contributed by atoms with Gasteiger partial charge in [-0.25, -0.2) is 0 Å². The second-order valence-corrected chi connectivity index (χ2v) is 11.2. The Labute approximate surface area is 129 Å². The minimum Gasteiger partial charge on any atom is -0.531 e. The summed E-state index contributed by atoms with van der Waals surface area (Å²) in [4.78, 5) is 4.55. The number of rotatable bonds is 4. The van der Waals surface area contributed by atoms with Crippen molar-refractivity contribution in [2.75, 3.05) is 7.11 Å². The van der Waals surface area contributed by atoms with Gasteiger partial charge in [-0.05, 0) is 43.3 Å². The maximum atomic E-state index is 6.24. The fourth-order valence-electron chi connectivity index (χ4n) is 1.47. The topological polar surface area (TPSA) is 30.8 Å². The van der Waals surface area contributed by atoms with Gasteiger partial charge in [0.1, 0.15) is 0 Å². The molecule has 1 aromatic rings. The monoisotopic (exact) mass is 305 g/mol. The van der Waals surface area contributed by atoms with Crippen molar-refractivity contribution >= 4 is 14.2 Å². The lowest BCUT2D eigenvalue weighted by Gasteiger charge is -2.36. The van der Waals surface area contributed by atoms with Gasteiger partial charge in [0.25, 0.3) is 8.32 Å². The average Bonchev–Trinajstić information content (AvgIpc) is 2.43. The van der Waals surface area contributed by atoms with Gasteiger partial charge in [-0.1, -0.05) is 39.0 Å². The van der Waals surface area contributed by atoms with Gasteiger partial charge < -0.3 is 9.16 Å². The molecule has 0 spiro atoms. The van der Waals surface area contributed by atoms with Gasteiger partial charge >= 0.3 is 0 Å². The average molecular weight is 305 g/mol. The molecule has 0 aliphatic rings. The molecule has 116 valence electrons. The molecule has 0 aliphatic heterocycles. The number of benzene rings is 1. The molecule has 0 bridgehead atoms. The van der Waals surface area contributed by atoms with E-state index in [0.29, 0.717) is 11.8 Å². The van der Waals surface area contributed by atoms with Gasteiger partial charge in [0, 0.05) is 5.56 Å². The van der Waals surface area contributed by atoms with Crippen molar-refractivity contribution in [2.24, 2.45) is 4.99 Å². The summed E-state index contributed by atoms with van der Waals surface area (Å²) in [5, 5.41) is 0.136. The van der Waals surface area contributed by atoms with Gasteiger partial charge in [-0.3, -0.25) is 0 Å². The zero-order valence-electron chi connectivity index (χ0n) is 14.2. The summed E-state index contributed by atoms with van der Waals surface area (Å²) in [6, 6.07) is 9.85. The van der Waals surface area contributed by atoms with Crippen LogP contribution < -0.4 is 0 Å². The molecule has 0 fully saturated rings. The van der Waals surface area contributed by atoms with E-state index in [2.05, 4.69) is 38.9 Å². The molecule has 0 atom stereocenters. The summed E-state index contributed by atoms with van der Waals surface area (Å²) in [7, 11) is -0.270. The first-order valence-electron chi connectivity index (χ1n) is 7.24. The molecule has 0 unspecified atom stereocenters. The van der Waals surface area contributed by atoms with Crippen molar-refractivity contribution in [3.63, 3.8) is 0 Å². The van der Waals surface area contributed by atoms with Crippen LogP contribution in [0.4, 0.5) is 0 Å². The maximum absolute atomic E-state index is 6.24. The van der Waals surface area contributed by atoms with Crippen LogP contribution in [-0.4, -0.2) is 21.3 Å². The molecule has 0 aliphatic carbocycles. The van der Waals surface area contributed by atoms with E-state index in [9.17, 15) is 0 Å². The number of methoxy groups -OCH3 is 1. The van der Waals surface area contributed by atoms with E-state index in [0.717, 1.165) is 5.56 Å². The Bertz CT molecular complexity index is 513. The van der Waals surface area contributed by atoms with E-state index in [4.69, 9.17) is 9.16 Å². The van der Waals surface area contributed by atoms with Gasteiger partial charge in [-0.15, -0.1) is 0 Å². The summed E-state index contributed by atoms with van der Waals surface area (Å²) in [6.07, 6.45) is 1.89. The molecule has 21 heavy (non-hydrogen) atoms. The molecular formula is C17H27NO2Si. The minimum atomic E-state index is -1.90. The molecule has 1 aromatic carbocycles. The predicted molar refractivity (Wildman–Crippen MR) is 92.0 cm³/mol. The zero-order valence-corrected chi connectivity index (χ0v) is 15.2. The number of nitrogens with zero attached hydrogens (tertiary/aromatic N) is 1. The smallest absolute Gasteiger partial charge is 0.252 e. The molecule has 4 heteroatoms. The van der Waals surface area contributed by atoms with Crippen LogP contribution in [0.15, 0.2) is 47.3 Å². The van der Waals surface area contributed by atoms with Gasteiger partial charge in [-0.2, -0.15) is 4.99 Å². The van der Waals surface area contributed by atoms with Crippen molar-refractivity contribution in [2.45, 2.75) is 45.8 Å². The lowest BCUT2D eigenvalue weighted by atomic mass is 10.2. The number of allylic oxidation sites excluding steroid dienone is 1. The van der Waals surface area contributed by atoms with E-state index in [1.807, 2.05) is 43.3 Å². The Morgan fingerprint density at radius 3 is 2.14 bits per heavy atom.